The van der Waals surface area contributed by atoms with Crippen molar-refractivity contribution >= 4 is 16.5 Å². The van der Waals surface area contributed by atoms with E-state index in [1.165, 1.54) is 0 Å². The number of aliphatic hydroxyl groups is 1. The van der Waals surface area contributed by atoms with Crippen molar-refractivity contribution in [3.63, 3.8) is 0 Å². The van der Waals surface area contributed by atoms with E-state index in [4.69, 9.17) is 0 Å². The molecular weight excluding hydrogens is 234 g/mol. The fourth-order valence-electron chi connectivity index (χ4n) is 2.16. The lowest BCUT2D eigenvalue weighted by Gasteiger charge is -2.33. The molecule has 0 radical (unpaired) electrons. The summed E-state index contributed by atoms with van der Waals surface area (Å²) in [4.78, 5) is 10.5. The predicted octanol–water partition coefficient (Wildman–Crippen LogP) is 1.34. The summed E-state index contributed by atoms with van der Waals surface area (Å²) in [5, 5.41) is 10.4. The van der Waals surface area contributed by atoms with E-state index in [0.717, 1.165) is 54.8 Å². The molecule has 0 unspecified atom stereocenters. The smallest absolute Gasteiger partial charge is 0.185 e. The fraction of sp³-hybridized carbons (Fsp3) is 0.750. The molecule has 0 aromatic carbocycles. The number of piperazine rings is 1. The molecule has 0 saturated carbocycles. The van der Waals surface area contributed by atoms with Crippen LogP contribution in [0.2, 0.25) is 0 Å². The number of likely N-dealkylation sites (N-methyl/N-ethyl adjacent to an activating group) is 1. The van der Waals surface area contributed by atoms with Crippen molar-refractivity contribution in [2.75, 3.05) is 37.6 Å². The Morgan fingerprint density at radius 3 is 2.41 bits per heavy atom. The Morgan fingerprint density at radius 2 is 1.94 bits per heavy atom. The largest absolute Gasteiger partial charge is 0.391 e. The summed E-state index contributed by atoms with van der Waals surface area (Å²) < 4.78 is 0. The molecule has 4 nitrogen and oxygen atoms in total. The van der Waals surface area contributed by atoms with E-state index in [0.29, 0.717) is 0 Å². The first-order valence-electron chi connectivity index (χ1n) is 6.35. The van der Waals surface area contributed by atoms with Crippen LogP contribution in [0.5, 0.6) is 0 Å². The zero-order valence-electron chi connectivity index (χ0n) is 10.6. The monoisotopic (exact) mass is 255 g/mol. The molecule has 1 aliphatic rings. The molecule has 0 spiro atoms. The highest BCUT2D eigenvalue weighted by Gasteiger charge is 2.19. The van der Waals surface area contributed by atoms with Crippen LogP contribution in [0.25, 0.3) is 0 Å². The summed E-state index contributed by atoms with van der Waals surface area (Å²) in [7, 11) is 0. The molecule has 1 fully saturated rings. The van der Waals surface area contributed by atoms with Crippen molar-refractivity contribution in [1.82, 2.24) is 9.88 Å². The maximum Gasteiger partial charge on any atom is 0.185 e. The van der Waals surface area contributed by atoms with Crippen LogP contribution in [0.1, 0.15) is 24.4 Å². The van der Waals surface area contributed by atoms with Gasteiger partial charge >= 0.3 is 0 Å². The van der Waals surface area contributed by atoms with E-state index < -0.39 is 0 Å². The molecule has 1 N–H and O–H groups in total. The average Bonchev–Trinajstić information content (AvgIpc) is 2.82. The van der Waals surface area contributed by atoms with Crippen LogP contribution >= 0.6 is 11.3 Å². The number of hydrogen-bond acceptors (Lipinski definition) is 5. The van der Waals surface area contributed by atoms with Crippen LogP contribution in [-0.4, -0.2) is 47.7 Å². The van der Waals surface area contributed by atoms with Crippen molar-refractivity contribution < 1.29 is 5.11 Å². The molecule has 96 valence electrons. The molecule has 0 atom stereocenters. The molecule has 1 aliphatic heterocycles. The molecule has 0 amide bonds. The summed E-state index contributed by atoms with van der Waals surface area (Å²) in [6.45, 7) is 9.89. The number of rotatable bonds is 4. The highest BCUT2D eigenvalue weighted by molar-refractivity contribution is 7.15. The topological polar surface area (TPSA) is 39.6 Å². The Labute approximate surface area is 107 Å². The maximum atomic E-state index is 9.29. The van der Waals surface area contributed by atoms with Gasteiger partial charge in [0, 0.05) is 26.2 Å². The zero-order valence-corrected chi connectivity index (χ0v) is 11.5. The van der Waals surface area contributed by atoms with Crippen LogP contribution in [0, 0.1) is 0 Å². The maximum absolute atomic E-state index is 9.29. The minimum absolute atomic E-state index is 0.121. The van der Waals surface area contributed by atoms with Crippen LogP contribution in [0.4, 0.5) is 5.13 Å². The van der Waals surface area contributed by atoms with Gasteiger partial charge in [-0.3, -0.25) is 0 Å². The summed E-state index contributed by atoms with van der Waals surface area (Å²) in [6.07, 6.45) is 0.904. The normalized spacial score (nSPS) is 17.7. The van der Waals surface area contributed by atoms with Crippen LogP contribution in [0.15, 0.2) is 0 Å². The Hall–Kier alpha value is -0.650. The molecule has 0 bridgehead atoms. The molecule has 1 aromatic rings. The van der Waals surface area contributed by atoms with Crippen LogP contribution in [0.3, 0.4) is 0 Å². The fourth-order valence-corrected chi connectivity index (χ4v) is 3.22. The number of anilines is 1. The first-order chi connectivity index (χ1) is 8.28. The van der Waals surface area contributed by atoms with Gasteiger partial charge in [-0.25, -0.2) is 4.98 Å². The SMILES string of the molecule is CCc1nc(N2CCN(CC)CC2)sc1CO. The third-order valence-electron chi connectivity index (χ3n) is 3.34. The van der Waals surface area contributed by atoms with Gasteiger partial charge < -0.3 is 14.9 Å². The minimum Gasteiger partial charge on any atom is -0.391 e. The van der Waals surface area contributed by atoms with E-state index in [2.05, 4.69) is 28.6 Å². The van der Waals surface area contributed by atoms with Gasteiger partial charge in [0.2, 0.25) is 0 Å². The lowest BCUT2D eigenvalue weighted by Crippen LogP contribution is -2.46. The number of hydrogen-bond donors (Lipinski definition) is 1. The number of aliphatic hydroxyl groups excluding tert-OH is 1. The van der Waals surface area contributed by atoms with Gasteiger partial charge in [0.1, 0.15) is 0 Å². The van der Waals surface area contributed by atoms with Crippen molar-refractivity contribution in [2.45, 2.75) is 26.9 Å². The molecule has 2 rings (SSSR count). The lowest BCUT2D eigenvalue weighted by atomic mass is 10.3. The zero-order chi connectivity index (χ0) is 12.3. The number of nitrogens with zero attached hydrogens (tertiary/aromatic N) is 3. The third kappa shape index (κ3) is 2.78. The van der Waals surface area contributed by atoms with Gasteiger partial charge in [-0.2, -0.15) is 0 Å². The Bertz CT molecular complexity index is 337. The molecule has 1 aromatic heterocycles. The van der Waals surface area contributed by atoms with E-state index >= 15 is 0 Å². The lowest BCUT2D eigenvalue weighted by molar-refractivity contribution is 0.271. The second-order valence-corrected chi connectivity index (χ2v) is 5.36. The molecular formula is C12H21N3OS. The van der Waals surface area contributed by atoms with Crippen LogP contribution < -0.4 is 4.90 Å². The van der Waals surface area contributed by atoms with Gasteiger partial charge in [-0.1, -0.05) is 25.2 Å². The second kappa shape index (κ2) is 5.80. The van der Waals surface area contributed by atoms with Gasteiger partial charge in [0.25, 0.3) is 0 Å². The number of aromatic nitrogens is 1. The Morgan fingerprint density at radius 1 is 1.24 bits per heavy atom. The summed E-state index contributed by atoms with van der Waals surface area (Å²) in [5.41, 5.74) is 1.06. The molecule has 2 heterocycles. The molecule has 5 heteroatoms. The molecule has 17 heavy (non-hydrogen) atoms. The number of aryl methyl sites for hydroxylation is 1. The van der Waals surface area contributed by atoms with E-state index in [1.807, 2.05) is 0 Å². The second-order valence-electron chi connectivity index (χ2n) is 4.30. The van der Waals surface area contributed by atoms with Crippen molar-refractivity contribution in [2.24, 2.45) is 0 Å². The predicted molar refractivity (Wildman–Crippen MR) is 71.7 cm³/mol. The van der Waals surface area contributed by atoms with Crippen molar-refractivity contribution in [3.8, 4) is 0 Å². The minimum atomic E-state index is 0.121. The number of thiazole rings is 1. The van der Waals surface area contributed by atoms with E-state index in [-0.39, 0.29) is 6.61 Å². The Balaban J connectivity index is 2.05. The summed E-state index contributed by atoms with van der Waals surface area (Å²) in [5.74, 6) is 0. The first-order valence-corrected chi connectivity index (χ1v) is 7.16. The van der Waals surface area contributed by atoms with Crippen LogP contribution in [-0.2, 0) is 13.0 Å². The van der Waals surface area contributed by atoms with E-state index in [1.54, 1.807) is 11.3 Å². The van der Waals surface area contributed by atoms with E-state index in [9.17, 15) is 5.11 Å². The molecule has 0 aliphatic carbocycles. The summed E-state index contributed by atoms with van der Waals surface area (Å²) >= 11 is 1.65. The highest BCUT2D eigenvalue weighted by Crippen LogP contribution is 2.27. The van der Waals surface area contributed by atoms with Gasteiger partial charge in [0.15, 0.2) is 5.13 Å². The van der Waals surface area contributed by atoms with Gasteiger partial charge in [0.05, 0.1) is 17.2 Å². The Kier molecular flexibility index (Phi) is 4.36. The average molecular weight is 255 g/mol. The quantitative estimate of drug-likeness (QED) is 0.881. The van der Waals surface area contributed by atoms with Crippen molar-refractivity contribution in [1.29, 1.82) is 0 Å². The first kappa shape index (κ1) is 12.8. The highest BCUT2D eigenvalue weighted by atomic mass is 32.1. The molecule has 1 saturated heterocycles. The third-order valence-corrected chi connectivity index (χ3v) is 4.48. The standard InChI is InChI=1S/C12H21N3OS/c1-3-10-11(9-16)17-12(13-10)15-7-5-14(4-2)6-8-15/h16H,3-9H2,1-2H3. The van der Waals surface area contributed by atoms with Gasteiger partial charge in [-0.15, -0.1) is 0 Å². The summed E-state index contributed by atoms with van der Waals surface area (Å²) in [6, 6.07) is 0. The van der Waals surface area contributed by atoms with Gasteiger partial charge in [-0.05, 0) is 13.0 Å². The van der Waals surface area contributed by atoms with Crippen molar-refractivity contribution in [3.05, 3.63) is 10.6 Å².